The fraction of sp³-hybridized carbons (Fsp3) is 0.550. The van der Waals surface area contributed by atoms with Gasteiger partial charge in [-0.05, 0) is 40.2 Å². The lowest BCUT2D eigenvalue weighted by molar-refractivity contribution is -0.144. The highest BCUT2D eigenvalue weighted by Crippen LogP contribution is 2.28. The van der Waals surface area contributed by atoms with E-state index >= 15 is 0 Å². The fourth-order valence-electron chi connectivity index (χ4n) is 2.76. The first-order chi connectivity index (χ1) is 11.6. The molecule has 1 fully saturated rings. The van der Waals surface area contributed by atoms with Crippen molar-refractivity contribution in [3.8, 4) is 0 Å². The molecular weight excluding hydrogens is 318 g/mol. The van der Waals surface area contributed by atoms with Crippen LogP contribution < -0.4 is 0 Å². The Morgan fingerprint density at radius 2 is 2.04 bits per heavy atom. The summed E-state index contributed by atoms with van der Waals surface area (Å²) in [5.74, 6) is -0.668. The van der Waals surface area contributed by atoms with Gasteiger partial charge < -0.3 is 14.2 Å². The molecule has 5 nitrogen and oxygen atoms in total. The van der Waals surface area contributed by atoms with Crippen LogP contribution in [0.1, 0.15) is 40.2 Å². The van der Waals surface area contributed by atoms with Crippen molar-refractivity contribution in [3.05, 3.63) is 48.6 Å². The second-order valence-electron chi connectivity index (χ2n) is 7.69. The van der Waals surface area contributed by atoms with Crippen molar-refractivity contribution in [2.75, 3.05) is 6.61 Å². The van der Waals surface area contributed by atoms with Crippen LogP contribution in [-0.2, 0) is 20.8 Å². The van der Waals surface area contributed by atoms with E-state index in [1.54, 1.807) is 11.0 Å². The fourth-order valence-corrected chi connectivity index (χ4v) is 2.76. The van der Waals surface area contributed by atoms with Gasteiger partial charge in [0.2, 0.25) is 0 Å². The summed E-state index contributed by atoms with van der Waals surface area (Å²) in [7, 11) is 0. The molecule has 1 heterocycles. The zero-order valence-electron chi connectivity index (χ0n) is 15.8. The second kappa shape index (κ2) is 7.58. The molecule has 0 N–H and O–H groups in total. The van der Waals surface area contributed by atoms with Gasteiger partial charge in [-0.3, -0.25) is 4.90 Å². The molecule has 0 aromatic heterocycles. The highest BCUT2D eigenvalue weighted by atomic mass is 16.7. The van der Waals surface area contributed by atoms with Crippen molar-refractivity contribution in [3.63, 3.8) is 0 Å². The minimum Gasteiger partial charge on any atom is -0.444 e. The van der Waals surface area contributed by atoms with E-state index < -0.39 is 17.5 Å². The Labute approximate surface area is 150 Å². The van der Waals surface area contributed by atoms with Gasteiger partial charge in [-0.1, -0.05) is 36.4 Å². The van der Waals surface area contributed by atoms with Crippen molar-refractivity contribution in [1.82, 2.24) is 4.90 Å². The van der Waals surface area contributed by atoms with Gasteiger partial charge in [0, 0.05) is 6.54 Å². The number of ether oxygens (including phenoxy) is 3. The molecule has 0 radical (unpaired) electrons. The Kier molecular flexibility index (Phi) is 5.91. The van der Waals surface area contributed by atoms with Crippen molar-refractivity contribution >= 4 is 6.09 Å². The maximum Gasteiger partial charge on any atom is 0.411 e. The highest BCUT2D eigenvalue weighted by Gasteiger charge is 2.40. The molecule has 0 aliphatic carbocycles. The lowest BCUT2D eigenvalue weighted by Crippen LogP contribution is -2.48. The molecule has 1 aliphatic heterocycles. The minimum absolute atomic E-state index is 0.288. The Balaban J connectivity index is 2.25. The number of hydrogen-bond donors (Lipinski definition) is 0. The Morgan fingerprint density at radius 1 is 1.40 bits per heavy atom. The summed E-state index contributed by atoms with van der Waals surface area (Å²) in [4.78, 5) is 14.5. The van der Waals surface area contributed by atoms with E-state index in [0.29, 0.717) is 13.2 Å². The Morgan fingerprint density at radius 3 is 2.52 bits per heavy atom. The van der Waals surface area contributed by atoms with Crippen molar-refractivity contribution in [2.45, 2.75) is 64.7 Å². The van der Waals surface area contributed by atoms with E-state index in [4.69, 9.17) is 14.2 Å². The van der Waals surface area contributed by atoms with Crippen LogP contribution in [0.15, 0.2) is 43.0 Å². The molecule has 0 bridgehead atoms. The minimum atomic E-state index is -0.668. The van der Waals surface area contributed by atoms with Gasteiger partial charge in [0.05, 0.1) is 12.6 Å². The number of benzene rings is 1. The van der Waals surface area contributed by atoms with E-state index in [1.807, 2.05) is 65.0 Å². The summed E-state index contributed by atoms with van der Waals surface area (Å²) in [6.45, 7) is 14.0. The lowest BCUT2D eigenvalue weighted by Gasteiger charge is -2.34. The average molecular weight is 347 g/mol. The second-order valence-corrected chi connectivity index (χ2v) is 7.69. The third-order valence-electron chi connectivity index (χ3n) is 3.84. The molecule has 138 valence electrons. The van der Waals surface area contributed by atoms with E-state index in [0.717, 1.165) is 5.56 Å². The molecule has 25 heavy (non-hydrogen) atoms. The largest absolute Gasteiger partial charge is 0.444 e. The van der Waals surface area contributed by atoms with Crippen LogP contribution in [-0.4, -0.2) is 41.1 Å². The molecular formula is C20H29NO4. The first-order valence-corrected chi connectivity index (χ1v) is 8.59. The van der Waals surface area contributed by atoms with E-state index in [1.165, 1.54) is 0 Å². The van der Waals surface area contributed by atoms with E-state index in [9.17, 15) is 4.79 Å². The molecule has 2 atom stereocenters. The first kappa shape index (κ1) is 19.5. The van der Waals surface area contributed by atoms with Gasteiger partial charge >= 0.3 is 6.09 Å². The van der Waals surface area contributed by atoms with Crippen LogP contribution in [0.4, 0.5) is 4.79 Å². The molecule has 1 aromatic rings. The summed E-state index contributed by atoms with van der Waals surface area (Å²) in [6.07, 6.45) is 1.04. The molecule has 0 saturated carbocycles. The molecule has 1 aliphatic rings. The Bertz CT molecular complexity index is 591. The summed E-state index contributed by atoms with van der Waals surface area (Å²) in [5.41, 5.74) is 0.433. The summed E-state index contributed by atoms with van der Waals surface area (Å²) in [6, 6.07) is 9.45. The highest BCUT2D eigenvalue weighted by molar-refractivity contribution is 5.69. The topological polar surface area (TPSA) is 48.0 Å². The van der Waals surface area contributed by atoms with Gasteiger partial charge in [-0.25, -0.2) is 4.79 Å². The quantitative estimate of drug-likeness (QED) is 0.752. The number of rotatable bonds is 5. The van der Waals surface area contributed by atoms with Crippen molar-refractivity contribution < 1.29 is 19.0 Å². The summed E-state index contributed by atoms with van der Waals surface area (Å²) < 4.78 is 17.2. The predicted molar refractivity (Wildman–Crippen MR) is 97.1 cm³/mol. The van der Waals surface area contributed by atoms with Crippen LogP contribution in [0.25, 0.3) is 0 Å². The third kappa shape index (κ3) is 5.58. The van der Waals surface area contributed by atoms with Gasteiger partial charge in [-0.15, -0.1) is 6.58 Å². The number of amides is 1. The monoisotopic (exact) mass is 347 g/mol. The number of hydrogen-bond acceptors (Lipinski definition) is 4. The lowest BCUT2D eigenvalue weighted by atomic mass is 10.1. The van der Waals surface area contributed by atoms with Gasteiger partial charge in [-0.2, -0.15) is 0 Å². The van der Waals surface area contributed by atoms with Gasteiger partial charge in [0.25, 0.3) is 0 Å². The zero-order valence-corrected chi connectivity index (χ0v) is 15.8. The molecule has 0 unspecified atom stereocenters. The van der Waals surface area contributed by atoms with Crippen LogP contribution in [0.2, 0.25) is 0 Å². The van der Waals surface area contributed by atoms with Crippen LogP contribution in [0.3, 0.4) is 0 Å². The van der Waals surface area contributed by atoms with Crippen LogP contribution >= 0.6 is 0 Å². The zero-order chi connectivity index (χ0) is 18.7. The third-order valence-corrected chi connectivity index (χ3v) is 3.84. The number of nitrogens with zero attached hydrogens (tertiary/aromatic N) is 1. The van der Waals surface area contributed by atoms with Crippen molar-refractivity contribution in [1.29, 1.82) is 0 Å². The molecule has 2 rings (SSSR count). The standard InChI is InChI=1S/C20H29NO4/c1-7-16(17-14-23-20(5,6)24-17)21(18(22)25-19(2,3)4)13-15-11-9-8-10-12-15/h7-12,16-17H,1,13-14H2,2-6H3/t16-,17+/m0/s1. The van der Waals surface area contributed by atoms with Gasteiger partial charge in [0.1, 0.15) is 11.7 Å². The molecule has 0 spiro atoms. The normalized spacial score (nSPS) is 20.8. The van der Waals surface area contributed by atoms with E-state index in [-0.39, 0.29) is 12.1 Å². The molecule has 1 saturated heterocycles. The number of carbonyl (C=O) groups is 1. The van der Waals surface area contributed by atoms with Crippen LogP contribution in [0.5, 0.6) is 0 Å². The number of carbonyl (C=O) groups excluding carboxylic acids is 1. The summed E-state index contributed by atoms with van der Waals surface area (Å²) >= 11 is 0. The molecule has 1 aromatic carbocycles. The maximum atomic E-state index is 12.8. The van der Waals surface area contributed by atoms with Gasteiger partial charge in [0.15, 0.2) is 5.79 Å². The molecule has 1 amide bonds. The van der Waals surface area contributed by atoms with Crippen LogP contribution in [0, 0.1) is 0 Å². The smallest absolute Gasteiger partial charge is 0.411 e. The average Bonchev–Trinajstić information content (AvgIpc) is 2.86. The predicted octanol–water partition coefficient (Wildman–Crippen LogP) is 4.13. The Hall–Kier alpha value is -1.85. The van der Waals surface area contributed by atoms with Crippen molar-refractivity contribution in [2.24, 2.45) is 0 Å². The van der Waals surface area contributed by atoms with E-state index in [2.05, 4.69) is 6.58 Å². The first-order valence-electron chi connectivity index (χ1n) is 8.59. The summed E-state index contributed by atoms with van der Waals surface area (Å²) in [5, 5.41) is 0. The maximum absolute atomic E-state index is 12.8. The molecule has 5 heteroatoms. The SMILES string of the molecule is C=C[C@@H]([C@H]1COC(C)(C)O1)N(Cc1ccccc1)C(=O)OC(C)(C)C.